The van der Waals surface area contributed by atoms with E-state index in [0.717, 1.165) is 22.3 Å². The highest BCUT2D eigenvalue weighted by molar-refractivity contribution is 7.86. The van der Waals surface area contributed by atoms with Crippen LogP contribution in [-0.2, 0) is 20.2 Å². The molecule has 0 bridgehead atoms. The minimum atomic E-state index is -4.31. The zero-order valence-corrected chi connectivity index (χ0v) is 24.5. The first-order chi connectivity index (χ1) is 19.1. The van der Waals surface area contributed by atoms with Gasteiger partial charge in [-0.3, -0.25) is 9.11 Å². The molecule has 6 nitrogen and oxygen atoms in total. The van der Waals surface area contributed by atoms with Gasteiger partial charge in [0, 0.05) is 0 Å². The van der Waals surface area contributed by atoms with E-state index in [4.69, 9.17) is 0 Å². The van der Waals surface area contributed by atoms with Crippen molar-refractivity contribution in [2.75, 3.05) is 0 Å². The minimum absolute atomic E-state index is 0.145. The lowest BCUT2D eigenvalue weighted by Gasteiger charge is -2.05. The third-order valence-electron chi connectivity index (χ3n) is 5.46. The van der Waals surface area contributed by atoms with E-state index in [1.54, 1.807) is 60.7 Å². The van der Waals surface area contributed by atoms with Gasteiger partial charge in [0.1, 0.15) is 9.79 Å². The molecule has 0 saturated carbocycles. The summed E-state index contributed by atoms with van der Waals surface area (Å²) in [5.41, 5.74) is 4.48. The number of rotatable bonds is 7. The van der Waals surface area contributed by atoms with Crippen molar-refractivity contribution < 1.29 is 25.9 Å². The first kappa shape index (κ1) is 32.4. The lowest BCUT2D eigenvalue weighted by Crippen LogP contribution is -2.00. The predicted octanol–water partition coefficient (Wildman–Crippen LogP) is 8.24. The number of benzene rings is 4. The van der Waals surface area contributed by atoms with Gasteiger partial charge >= 0.3 is 0 Å². The molecule has 0 aliphatic heterocycles. The standard InChI is InChI=1S/C28H22O6S2.2C2H6/c29-35(30,31)27-7-3-1-5-25(27)19-13-21-9-15-23(16-10-21)24-17-11-22(12-18-24)14-20-26-6-2-4-8-28(26)36(32,33)34;2*1-2/h1-20H,(H,29,30,31)(H,32,33,34);2*1-2H3/b19-13+,20-14+;;. The number of hydrogen-bond donors (Lipinski definition) is 2. The van der Waals surface area contributed by atoms with Crippen molar-refractivity contribution in [1.29, 1.82) is 0 Å². The normalized spacial score (nSPS) is 11.4. The van der Waals surface area contributed by atoms with Gasteiger partial charge in [0.25, 0.3) is 20.2 Å². The highest BCUT2D eigenvalue weighted by atomic mass is 32.2. The average molecular weight is 579 g/mol. The molecular formula is C32H34O6S2. The summed E-state index contributed by atoms with van der Waals surface area (Å²) >= 11 is 0. The molecule has 0 amide bonds. The molecule has 0 aromatic heterocycles. The second-order valence-electron chi connectivity index (χ2n) is 7.94. The van der Waals surface area contributed by atoms with Crippen LogP contribution in [0.1, 0.15) is 49.9 Å². The highest BCUT2D eigenvalue weighted by Crippen LogP contribution is 2.24. The predicted molar refractivity (Wildman–Crippen MR) is 165 cm³/mol. The molecule has 0 saturated heterocycles. The van der Waals surface area contributed by atoms with Gasteiger partial charge in [0.2, 0.25) is 0 Å². The van der Waals surface area contributed by atoms with Crippen LogP contribution in [0.25, 0.3) is 35.4 Å². The lowest BCUT2D eigenvalue weighted by molar-refractivity contribution is 0.480. The lowest BCUT2D eigenvalue weighted by atomic mass is 10.0. The maximum absolute atomic E-state index is 11.5. The van der Waals surface area contributed by atoms with E-state index >= 15 is 0 Å². The summed E-state index contributed by atoms with van der Waals surface area (Å²) < 4.78 is 64.9. The van der Waals surface area contributed by atoms with Crippen LogP contribution in [0.4, 0.5) is 0 Å². The molecule has 0 atom stereocenters. The van der Waals surface area contributed by atoms with Gasteiger partial charge in [-0.2, -0.15) is 16.8 Å². The van der Waals surface area contributed by atoms with Gasteiger partial charge in [-0.25, -0.2) is 0 Å². The summed E-state index contributed by atoms with van der Waals surface area (Å²) in [5.74, 6) is 0. The van der Waals surface area contributed by atoms with Crippen LogP contribution in [0.15, 0.2) is 107 Å². The van der Waals surface area contributed by atoms with Crippen molar-refractivity contribution in [2.24, 2.45) is 0 Å². The summed E-state index contributed by atoms with van der Waals surface area (Å²) in [5, 5.41) is 0. The van der Waals surface area contributed by atoms with Crippen molar-refractivity contribution in [2.45, 2.75) is 37.5 Å². The monoisotopic (exact) mass is 578 g/mol. The van der Waals surface area contributed by atoms with Gasteiger partial charge in [0.15, 0.2) is 0 Å². The van der Waals surface area contributed by atoms with Crippen LogP contribution in [0.5, 0.6) is 0 Å². The van der Waals surface area contributed by atoms with E-state index in [1.807, 2.05) is 76.2 Å². The SMILES string of the molecule is CC.CC.O=S(=O)(O)c1ccccc1/C=C/c1ccc(-c2ccc(/C=C/c3ccccc3S(=O)(=O)O)cc2)cc1. The maximum atomic E-state index is 11.5. The second kappa shape index (κ2) is 15.1. The molecule has 2 N–H and O–H groups in total. The van der Waals surface area contributed by atoms with E-state index in [2.05, 4.69) is 0 Å². The Morgan fingerprint density at radius 1 is 0.450 bits per heavy atom. The molecule has 4 aromatic carbocycles. The molecule has 0 unspecified atom stereocenters. The van der Waals surface area contributed by atoms with Crippen LogP contribution in [-0.4, -0.2) is 25.9 Å². The molecule has 0 radical (unpaired) electrons. The van der Waals surface area contributed by atoms with E-state index in [0.29, 0.717) is 11.1 Å². The molecule has 4 aromatic rings. The summed E-state index contributed by atoms with van der Waals surface area (Å²) in [6.45, 7) is 8.00. The van der Waals surface area contributed by atoms with E-state index in [1.165, 1.54) is 12.1 Å². The fourth-order valence-electron chi connectivity index (χ4n) is 3.65. The summed E-state index contributed by atoms with van der Waals surface area (Å²) in [7, 11) is -8.61. The van der Waals surface area contributed by atoms with Crippen LogP contribution < -0.4 is 0 Å². The Bertz CT molecular complexity index is 1520. The molecule has 0 aliphatic rings. The third-order valence-corrected chi connectivity index (χ3v) is 7.31. The Hall–Kier alpha value is -3.82. The van der Waals surface area contributed by atoms with Gasteiger partial charge in [-0.1, -0.05) is 137 Å². The van der Waals surface area contributed by atoms with E-state index in [-0.39, 0.29) is 9.79 Å². The van der Waals surface area contributed by atoms with Crippen LogP contribution in [0, 0.1) is 0 Å². The maximum Gasteiger partial charge on any atom is 0.295 e. The second-order valence-corrected chi connectivity index (χ2v) is 10.7. The zero-order chi connectivity index (χ0) is 29.8. The van der Waals surface area contributed by atoms with Gasteiger partial charge in [-0.15, -0.1) is 0 Å². The Morgan fingerprint density at radius 3 is 1.05 bits per heavy atom. The molecular weight excluding hydrogens is 544 g/mol. The van der Waals surface area contributed by atoms with E-state index in [9.17, 15) is 25.9 Å². The minimum Gasteiger partial charge on any atom is -0.282 e. The van der Waals surface area contributed by atoms with Crippen molar-refractivity contribution in [1.82, 2.24) is 0 Å². The summed E-state index contributed by atoms with van der Waals surface area (Å²) in [6, 6.07) is 27.8. The third kappa shape index (κ3) is 9.14. The molecule has 0 aliphatic carbocycles. The summed E-state index contributed by atoms with van der Waals surface area (Å²) in [6.07, 6.45) is 6.82. The molecule has 0 spiro atoms. The fraction of sp³-hybridized carbons (Fsp3) is 0.125. The molecule has 8 heteroatoms. The Kier molecular flexibility index (Phi) is 12.2. The first-order valence-electron chi connectivity index (χ1n) is 12.8. The van der Waals surface area contributed by atoms with Crippen molar-refractivity contribution in [3.63, 3.8) is 0 Å². The fourth-order valence-corrected chi connectivity index (χ4v) is 5.02. The zero-order valence-electron chi connectivity index (χ0n) is 22.9. The Balaban J connectivity index is 0.00000134. The van der Waals surface area contributed by atoms with Crippen LogP contribution in [0.3, 0.4) is 0 Å². The van der Waals surface area contributed by atoms with Crippen molar-refractivity contribution >= 4 is 44.5 Å². The van der Waals surface area contributed by atoms with E-state index < -0.39 is 20.2 Å². The van der Waals surface area contributed by atoms with Crippen LogP contribution >= 0.6 is 0 Å². The first-order valence-corrected chi connectivity index (χ1v) is 15.7. The highest BCUT2D eigenvalue weighted by Gasteiger charge is 2.13. The van der Waals surface area contributed by atoms with Crippen molar-refractivity contribution in [3.05, 3.63) is 119 Å². The molecule has 0 fully saturated rings. The molecule has 0 heterocycles. The smallest absolute Gasteiger partial charge is 0.282 e. The largest absolute Gasteiger partial charge is 0.295 e. The average Bonchev–Trinajstić information content (AvgIpc) is 2.97. The van der Waals surface area contributed by atoms with Crippen LogP contribution in [0.2, 0.25) is 0 Å². The summed E-state index contributed by atoms with van der Waals surface area (Å²) in [4.78, 5) is -0.290. The molecule has 40 heavy (non-hydrogen) atoms. The van der Waals surface area contributed by atoms with Gasteiger partial charge < -0.3 is 0 Å². The van der Waals surface area contributed by atoms with Gasteiger partial charge in [0.05, 0.1) is 0 Å². The Morgan fingerprint density at radius 2 is 0.750 bits per heavy atom. The quantitative estimate of drug-likeness (QED) is 0.169. The number of hydrogen-bond acceptors (Lipinski definition) is 4. The molecule has 4 rings (SSSR count). The van der Waals surface area contributed by atoms with Gasteiger partial charge in [-0.05, 0) is 45.5 Å². The molecule has 210 valence electrons. The topological polar surface area (TPSA) is 109 Å². The van der Waals surface area contributed by atoms with Crippen molar-refractivity contribution in [3.8, 4) is 11.1 Å². The Labute approximate surface area is 237 Å².